The van der Waals surface area contributed by atoms with Crippen LogP contribution in [-0.2, 0) is 6.54 Å². The zero-order valence-electron chi connectivity index (χ0n) is 17.9. The molecule has 6 nitrogen and oxygen atoms in total. The molecule has 1 fully saturated rings. The number of amides is 1. The zero-order valence-corrected chi connectivity index (χ0v) is 18.7. The van der Waals surface area contributed by atoms with Crippen LogP contribution in [0.15, 0.2) is 53.1 Å². The van der Waals surface area contributed by atoms with Crippen molar-refractivity contribution < 1.29 is 13.6 Å². The number of halogens is 1. The van der Waals surface area contributed by atoms with Gasteiger partial charge < -0.3 is 9.73 Å². The molecule has 1 aromatic carbocycles. The van der Waals surface area contributed by atoms with Crippen LogP contribution in [0.2, 0.25) is 0 Å². The second-order valence-corrected chi connectivity index (χ2v) is 9.21. The van der Waals surface area contributed by atoms with Gasteiger partial charge in [0.05, 0.1) is 29.4 Å². The monoisotopic (exact) mass is 452 g/mol. The van der Waals surface area contributed by atoms with Crippen LogP contribution >= 0.6 is 11.3 Å². The molecule has 0 unspecified atom stereocenters. The normalized spacial score (nSPS) is 15.4. The molecule has 0 spiro atoms. The van der Waals surface area contributed by atoms with E-state index in [-0.39, 0.29) is 17.8 Å². The van der Waals surface area contributed by atoms with Crippen molar-refractivity contribution in [3.63, 3.8) is 0 Å². The first-order chi connectivity index (χ1) is 15.6. The maximum Gasteiger partial charge on any atom is 0.261 e. The Hall–Kier alpha value is -2.97. The second kappa shape index (κ2) is 8.88. The molecule has 3 aromatic heterocycles. The number of hydrogen-bond donors (Lipinski definition) is 1. The number of aromatic nitrogens is 2. The van der Waals surface area contributed by atoms with Gasteiger partial charge in [-0.25, -0.2) is 4.39 Å². The van der Waals surface area contributed by atoms with E-state index in [0.29, 0.717) is 18.0 Å². The van der Waals surface area contributed by atoms with E-state index in [1.54, 1.807) is 18.4 Å². The number of thiophene rings is 1. The number of hydrogen-bond acceptors (Lipinski definition) is 5. The molecule has 1 aliphatic rings. The molecule has 1 atom stereocenters. The SMILES string of the molecule is Cc1nn(Cc2ccc(F)cc2)c2sc(C(=O)NC[C@@H](c3ccco3)N3CCCC3)cc12. The number of rotatable bonds is 7. The molecule has 0 radical (unpaired) electrons. The van der Waals surface area contributed by atoms with Crippen LogP contribution in [0.25, 0.3) is 10.2 Å². The summed E-state index contributed by atoms with van der Waals surface area (Å²) in [5.74, 6) is 0.538. The lowest BCUT2D eigenvalue weighted by Crippen LogP contribution is -2.36. The number of aryl methyl sites for hydroxylation is 1. The summed E-state index contributed by atoms with van der Waals surface area (Å²) in [7, 11) is 0. The van der Waals surface area contributed by atoms with E-state index >= 15 is 0 Å². The Morgan fingerprint density at radius 2 is 2.03 bits per heavy atom. The summed E-state index contributed by atoms with van der Waals surface area (Å²) in [5, 5.41) is 8.70. The fourth-order valence-electron chi connectivity index (χ4n) is 4.31. The third-order valence-electron chi connectivity index (χ3n) is 5.99. The number of likely N-dealkylation sites (tertiary alicyclic amines) is 1. The van der Waals surface area contributed by atoms with Crippen molar-refractivity contribution in [3.05, 3.63) is 76.4 Å². The van der Waals surface area contributed by atoms with Crippen LogP contribution in [0, 0.1) is 12.7 Å². The van der Waals surface area contributed by atoms with Crippen LogP contribution in [0.5, 0.6) is 0 Å². The van der Waals surface area contributed by atoms with Gasteiger partial charge in [-0.3, -0.25) is 14.4 Å². The summed E-state index contributed by atoms with van der Waals surface area (Å²) in [6, 6.07) is 12.2. The summed E-state index contributed by atoms with van der Waals surface area (Å²) in [6.07, 6.45) is 4.03. The molecule has 0 bridgehead atoms. The van der Waals surface area contributed by atoms with E-state index in [4.69, 9.17) is 4.42 Å². The first kappa shape index (κ1) is 20.9. The van der Waals surface area contributed by atoms with Crippen LogP contribution < -0.4 is 5.32 Å². The maximum atomic E-state index is 13.2. The van der Waals surface area contributed by atoms with Gasteiger partial charge in [-0.2, -0.15) is 5.10 Å². The molecular weight excluding hydrogens is 427 g/mol. The van der Waals surface area contributed by atoms with E-state index in [1.165, 1.54) is 36.3 Å². The van der Waals surface area contributed by atoms with E-state index in [0.717, 1.165) is 40.3 Å². The number of fused-ring (bicyclic) bond motifs is 1. The van der Waals surface area contributed by atoms with Crippen molar-refractivity contribution in [1.29, 1.82) is 0 Å². The van der Waals surface area contributed by atoms with Gasteiger partial charge in [-0.15, -0.1) is 11.3 Å². The minimum absolute atomic E-state index is 0.0431. The number of carbonyl (C=O) groups is 1. The van der Waals surface area contributed by atoms with Gasteiger partial charge in [-0.1, -0.05) is 12.1 Å². The van der Waals surface area contributed by atoms with Crippen molar-refractivity contribution in [2.75, 3.05) is 19.6 Å². The predicted molar refractivity (Wildman–Crippen MR) is 122 cm³/mol. The fraction of sp³-hybridized carbons (Fsp3) is 0.333. The molecule has 1 N–H and O–H groups in total. The molecule has 1 aliphatic heterocycles. The summed E-state index contributed by atoms with van der Waals surface area (Å²) in [6.45, 7) is 5.01. The lowest BCUT2D eigenvalue weighted by atomic mass is 10.2. The standard InChI is InChI=1S/C24H25FN4O2S/c1-16-19-13-22(32-24(19)29(27-16)15-17-6-8-18(25)9-7-17)23(30)26-14-20(21-5-4-12-31-21)28-10-2-3-11-28/h4-9,12-13,20H,2-3,10-11,14-15H2,1H3,(H,26,30)/t20-/m0/s1. The molecule has 0 saturated carbocycles. The molecule has 1 saturated heterocycles. The maximum absolute atomic E-state index is 13.2. The highest BCUT2D eigenvalue weighted by Gasteiger charge is 2.26. The Morgan fingerprint density at radius 1 is 1.25 bits per heavy atom. The number of furan rings is 1. The van der Waals surface area contributed by atoms with Crippen molar-refractivity contribution in [3.8, 4) is 0 Å². The number of carbonyl (C=O) groups excluding carboxylic acids is 1. The quantitative estimate of drug-likeness (QED) is 0.439. The molecule has 5 rings (SSSR count). The summed E-state index contributed by atoms with van der Waals surface area (Å²) in [4.78, 5) is 17.0. The van der Waals surface area contributed by atoms with E-state index in [2.05, 4.69) is 15.3 Å². The smallest absolute Gasteiger partial charge is 0.261 e. The average Bonchev–Trinajstić information content (AvgIpc) is 3.58. The molecule has 8 heteroatoms. The van der Waals surface area contributed by atoms with Crippen LogP contribution in [0.1, 0.15) is 45.6 Å². The van der Waals surface area contributed by atoms with Gasteiger partial charge in [0.1, 0.15) is 16.4 Å². The van der Waals surface area contributed by atoms with Gasteiger partial charge in [0, 0.05) is 11.9 Å². The van der Waals surface area contributed by atoms with Crippen molar-refractivity contribution in [1.82, 2.24) is 20.0 Å². The summed E-state index contributed by atoms with van der Waals surface area (Å²) < 4.78 is 20.8. The Labute approximate surface area is 189 Å². The van der Waals surface area contributed by atoms with Gasteiger partial charge in [0.15, 0.2) is 0 Å². The minimum atomic E-state index is -0.257. The number of benzene rings is 1. The van der Waals surface area contributed by atoms with Crippen LogP contribution in [-0.4, -0.2) is 40.2 Å². The largest absolute Gasteiger partial charge is 0.468 e. The minimum Gasteiger partial charge on any atom is -0.468 e. The Morgan fingerprint density at radius 3 is 2.75 bits per heavy atom. The topological polar surface area (TPSA) is 63.3 Å². The molecular formula is C24H25FN4O2S. The van der Waals surface area contributed by atoms with Crippen molar-refractivity contribution in [2.45, 2.75) is 32.4 Å². The van der Waals surface area contributed by atoms with Crippen molar-refractivity contribution in [2.24, 2.45) is 0 Å². The van der Waals surface area contributed by atoms with E-state index < -0.39 is 0 Å². The van der Waals surface area contributed by atoms with Gasteiger partial charge in [0.2, 0.25) is 0 Å². The average molecular weight is 453 g/mol. The third kappa shape index (κ3) is 4.20. The second-order valence-electron chi connectivity index (χ2n) is 8.18. The molecule has 166 valence electrons. The first-order valence-corrected chi connectivity index (χ1v) is 11.7. The summed E-state index contributed by atoms with van der Waals surface area (Å²) >= 11 is 1.43. The molecule has 1 amide bonds. The zero-order chi connectivity index (χ0) is 22.1. The van der Waals surface area contributed by atoms with Crippen LogP contribution in [0.4, 0.5) is 4.39 Å². The first-order valence-electron chi connectivity index (χ1n) is 10.9. The highest BCUT2D eigenvalue weighted by molar-refractivity contribution is 7.20. The predicted octanol–water partition coefficient (Wildman–Crippen LogP) is 4.75. The number of nitrogens with one attached hydrogen (secondary N) is 1. The van der Waals surface area contributed by atoms with Crippen molar-refractivity contribution >= 4 is 27.5 Å². The van der Waals surface area contributed by atoms with Gasteiger partial charge in [-0.05, 0) is 68.8 Å². The van der Waals surface area contributed by atoms with Gasteiger partial charge in [0.25, 0.3) is 5.91 Å². The van der Waals surface area contributed by atoms with Crippen LogP contribution in [0.3, 0.4) is 0 Å². The fourth-order valence-corrected chi connectivity index (χ4v) is 5.39. The Balaban J connectivity index is 1.32. The van der Waals surface area contributed by atoms with E-state index in [9.17, 15) is 9.18 Å². The highest BCUT2D eigenvalue weighted by atomic mass is 32.1. The highest BCUT2D eigenvalue weighted by Crippen LogP contribution is 2.30. The summed E-state index contributed by atoms with van der Waals surface area (Å²) in [5.41, 5.74) is 1.84. The lowest BCUT2D eigenvalue weighted by Gasteiger charge is -2.25. The lowest BCUT2D eigenvalue weighted by molar-refractivity contribution is 0.0938. The van der Waals surface area contributed by atoms with Gasteiger partial charge >= 0.3 is 0 Å². The third-order valence-corrected chi connectivity index (χ3v) is 7.13. The Bertz CT molecular complexity index is 1210. The van der Waals surface area contributed by atoms with E-state index in [1.807, 2.05) is 29.8 Å². The molecule has 32 heavy (non-hydrogen) atoms. The molecule has 4 heterocycles. The molecule has 4 aromatic rings. The Kier molecular flexibility index (Phi) is 5.80. The molecule has 0 aliphatic carbocycles. The number of nitrogens with zero attached hydrogens (tertiary/aromatic N) is 3.